The molecule has 0 bridgehead atoms. The Balaban J connectivity index is 2.15. The molecule has 0 saturated carbocycles. The Kier molecular flexibility index (Phi) is 4.72. The number of carbonyl (C=O) groups is 1. The van der Waals surface area contributed by atoms with Gasteiger partial charge in [-0.25, -0.2) is 9.97 Å². The van der Waals surface area contributed by atoms with Crippen molar-refractivity contribution in [2.45, 2.75) is 27.7 Å². The van der Waals surface area contributed by atoms with Crippen LogP contribution in [0.5, 0.6) is 0 Å². The minimum atomic E-state index is -0.108. The van der Waals surface area contributed by atoms with Gasteiger partial charge in [0.05, 0.1) is 16.3 Å². The lowest BCUT2D eigenvalue weighted by molar-refractivity contribution is -0.114. The van der Waals surface area contributed by atoms with Gasteiger partial charge in [-0.2, -0.15) is 0 Å². The summed E-state index contributed by atoms with van der Waals surface area (Å²) in [7, 11) is 0. The first-order valence-electron chi connectivity index (χ1n) is 6.40. The van der Waals surface area contributed by atoms with Crippen LogP contribution in [0.25, 0.3) is 10.6 Å². The van der Waals surface area contributed by atoms with Crippen LogP contribution in [0.3, 0.4) is 0 Å². The molecule has 0 aliphatic heterocycles. The molecule has 2 N–H and O–H groups in total. The molecule has 5 nitrogen and oxygen atoms in total. The Hall–Kier alpha value is -1.47. The molecule has 0 saturated heterocycles. The molecule has 0 spiro atoms. The molecule has 108 valence electrons. The summed E-state index contributed by atoms with van der Waals surface area (Å²) >= 11 is 3.04. The second-order valence-electron chi connectivity index (χ2n) is 4.93. The van der Waals surface area contributed by atoms with E-state index in [1.807, 2.05) is 12.3 Å². The van der Waals surface area contributed by atoms with Gasteiger partial charge >= 0.3 is 0 Å². The smallest absolute Gasteiger partial charge is 0.223 e. The molecule has 1 amide bonds. The van der Waals surface area contributed by atoms with Crippen LogP contribution in [0.15, 0.2) is 5.38 Å². The van der Waals surface area contributed by atoms with E-state index in [1.165, 1.54) is 18.3 Å². The molecule has 2 heterocycles. The number of hydrogen-bond acceptors (Lipinski definition) is 6. The van der Waals surface area contributed by atoms with Crippen LogP contribution in [0.2, 0.25) is 0 Å². The van der Waals surface area contributed by atoms with Crippen LogP contribution < -0.4 is 10.6 Å². The Bertz CT molecular complexity index is 603. The van der Waals surface area contributed by atoms with Crippen LogP contribution >= 0.6 is 22.7 Å². The van der Waals surface area contributed by atoms with E-state index >= 15 is 0 Å². The number of amides is 1. The fourth-order valence-corrected chi connectivity index (χ4v) is 3.35. The zero-order chi connectivity index (χ0) is 14.7. The number of nitrogens with zero attached hydrogens (tertiary/aromatic N) is 2. The van der Waals surface area contributed by atoms with E-state index in [2.05, 4.69) is 34.4 Å². The van der Waals surface area contributed by atoms with E-state index in [0.29, 0.717) is 11.0 Å². The first-order chi connectivity index (χ1) is 9.45. The van der Waals surface area contributed by atoms with Crippen LogP contribution in [-0.2, 0) is 4.79 Å². The van der Waals surface area contributed by atoms with E-state index in [4.69, 9.17) is 0 Å². The maximum atomic E-state index is 11.1. The van der Waals surface area contributed by atoms with Gasteiger partial charge in [0, 0.05) is 18.8 Å². The van der Waals surface area contributed by atoms with Gasteiger partial charge in [0.25, 0.3) is 0 Å². The van der Waals surface area contributed by atoms with Gasteiger partial charge in [0.2, 0.25) is 5.91 Å². The minimum Gasteiger partial charge on any atom is -0.361 e. The zero-order valence-corrected chi connectivity index (χ0v) is 13.6. The summed E-state index contributed by atoms with van der Waals surface area (Å²) in [5.41, 5.74) is 1.80. The molecule has 2 rings (SSSR count). The molecule has 0 aromatic carbocycles. The standard InChI is InChI=1S/C13H18N4OS2/c1-7(2)5-14-12-17-10(6-19-12)11-8(3)15-13(20-11)16-9(4)18/h6-7H,5H2,1-4H3,(H,14,17)(H,15,16,18). The summed E-state index contributed by atoms with van der Waals surface area (Å²) in [6.07, 6.45) is 0. The summed E-state index contributed by atoms with van der Waals surface area (Å²) in [6.45, 7) is 8.64. The van der Waals surface area contributed by atoms with E-state index in [-0.39, 0.29) is 5.91 Å². The molecule has 2 aromatic rings. The van der Waals surface area contributed by atoms with Crippen LogP contribution in [0.1, 0.15) is 26.5 Å². The lowest BCUT2D eigenvalue weighted by Gasteiger charge is -2.04. The Morgan fingerprint density at radius 2 is 2.10 bits per heavy atom. The maximum absolute atomic E-state index is 11.1. The average molecular weight is 310 g/mol. The first-order valence-corrected chi connectivity index (χ1v) is 8.10. The largest absolute Gasteiger partial charge is 0.361 e. The second kappa shape index (κ2) is 6.32. The van der Waals surface area contributed by atoms with Crippen LogP contribution in [0.4, 0.5) is 10.3 Å². The zero-order valence-electron chi connectivity index (χ0n) is 12.0. The monoisotopic (exact) mass is 310 g/mol. The fraction of sp³-hybridized carbons (Fsp3) is 0.462. The molecule has 0 atom stereocenters. The van der Waals surface area contributed by atoms with Gasteiger partial charge in [0.15, 0.2) is 10.3 Å². The highest BCUT2D eigenvalue weighted by Crippen LogP contribution is 2.34. The third-order valence-electron chi connectivity index (χ3n) is 2.48. The van der Waals surface area contributed by atoms with Crippen LogP contribution in [0, 0.1) is 12.8 Å². The average Bonchev–Trinajstić information content (AvgIpc) is 2.92. The van der Waals surface area contributed by atoms with E-state index in [1.54, 1.807) is 11.3 Å². The van der Waals surface area contributed by atoms with Gasteiger partial charge in [0.1, 0.15) is 0 Å². The molecule has 0 aliphatic carbocycles. The van der Waals surface area contributed by atoms with E-state index in [9.17, 15) is 4.79 Å². The van der Waals surface area contributed by atoms with Gasteiger partial charge in [-0.05, 0) is 12.8 Å². The highest BCUT2D eigenvalue weighted by Gasteiger charge is 2.13. The Morgan fingerprint density at radius 1 is 1.35 bits per heavy atom. The highest BCUT2D eigenvalue weighted by atomic mass is 32.1. The molecule has 2 aromatic heterocycles. The predicted molar refractivity (Wildman–Crippen MR) is 85.6 cm³/mol. The lowest BCUT2D eigenvalue weighted by Crippen LogP contribution is -2.07. The first kappa shape index (κ1) is 14.9. The maximum Gasteiger partial charge on any atom is 0.223 e. The molecular weight excluding hydrogens is 292 g/mol. The molecule has 0 fully saturated rings. The van der Waals surface area contributed by atoms with Crippen molar-refractivity contribution in [1.82, 2.24) is 9.97 Å². The Labute approximate surface area is 126 Å². The molecule has 7 heteroatoms. The van der Waals surface area contributed by atoms with Crippen molar-refractivity contribution in [3.8, 4) is 10.6 Å². The SMILES string of the molecule is CC(=O)Nc1nc(C)c(-c2csc(NCC(C)C)n2)s1. The van der Waals surface area contributed by atoms with Crippen molar-refractivity contribution in [3.63, 3.8) is 0 Å². The number of nitrogens with one attached hydrogen (secondary N) is 2. The number of anilines is 2. The van der Waals surface area contributed by atoms with Crippen LogP contribution in [-0.4, -0.2) is 22.4 Å². The summed E-state index contributed by atoms with van der Waals surface area (Å²) in [4.78, 5) is 21.0. The van der Waals surface area contributed by atoms with Crippen molar-refractivity contribution in [3.05, 3.63) is 11.1 Å². The number of rotatable bonds is 5. The molecule has 0 unspecified atom stereocenters. The third-order valence-corrected chi connectivity index (χ3v) is 4.37. The quantitative estimate of drug-likeness (QED) is 0.885. The summed E-state index contributed by atoms with van der Waals surface area (Å²) in [5, 5.41) is 9.58. The number of carbonyl (C=O) groups excluding carboxylic acids is 1. The predicted octanol–water partition coefficient (Wildman–Crippen LogP) is 3.60. The third kappa shape index (κ3) is 3.77. The van der Waals surface area contributed by atoms with Gasteiger partial charge in [-0.1, -0.05) is 25.2 Å². The van der Waals surface area contributed by atoms with Gasteiger partial charge < -0.3 is 10.6 Å². The van der Waals surface area contributed by atoms with Crippen molar-refractivity contribution in [2.24, 2.45) is 5.92 Å². The van der Waals surface area contributed by atoms with Crippen molar-refractivity contribution >= 4 is 38.8 Å². The van der Waals surface area contributed by atoms with Gasteiger partial charge in [-0.15, -0.1) is 11.3 Å². The lowest BCUT2D eigenvalue weighted by atomic mass is 10.2. The summed E-state index contributed by atoms with van der Waals surface area (Å²) < 4.78 is 0. The molecular formula is C13H18N4OS2. The summed E-state index contributed by atoms with van der Waals surface area (Å²) in [5.74, 6) is 0.474. The topological polar surface area (TPSA) is 66.9 Å². The van der Waals surface area contributed by atoms with Crippen molar-refractivity contribution in [1.29, 1.82) is 0 Å². The number of aromatic nitrogens is 2. The van der Waals surface area contributed by atoms with Crippen molar-refractivity contribution in [2.75, 3.05) is 17.2 Å². The number of aryl methyl sites for hydroxylation is 1. The Morgan fingerprint density at radius 3 is 2.75 bits per heavy atom. The molecule has 0 radical (unpaired) electrons. The van der Waals surface area contributed by atoms with E-state index < -0.39 is 0 Å². The normalized spacial score (nSPS) is 10.8. The number of hydrogen-bond donors (Lipinski definition) is 2. The summed E-state index contributed by atoms with van der Waals surface area (Å²) in [6, 6.07) is 0. The minimum absolute atomic E-state index is 0.108. The number of thiazole rings is 2. The van der Waals surface area contributed by atoms with Crippen molar-refractivity contribution < 1.29 is 4.79 Å². The van der Waals surface area contributed by atoms with E-state index in [0.717, 1.165) is 27.9 Å². The second-order valence-corrected chi connectivity index (χ2v) is 6.78. The molecule has 20 heavy (non-hydrogen) atoms. The fourth-order valence-electron chi connectivity index (χ4n) is 1.59. The van der Waals surface area contributed by atoms with Gasteiger partial charge in [-0.3, -0.25) is 4.79 Å². The molecule has 0 aliphatic rings. The highest BCUT2D eigenvalue weighted by molar-refractivity contribution is 7.19.